The van der Waals surface area contributed by atoms with Crippen LogP contribution in [0.25, 0.3) is 6.08 Å². The van der Waals surface area contributed by atoms with Crippen molar-refractivity contribution in [3.05, 3.63) is 113 Å². The van der Waals surface area contributed by atoms with Gasteiger partial charge in [-0.05, 0) is 54.5 Å². The summed E-state index contributed by atoms with van der Waals surface area (Å²) in [6.07, 6.45) is 3.68. The number of carbonyl (C=O) groups excluding carboxylic acids is 3. The van der Waals surface area contributed by atoms with E-state index in [0.29, 0.717) is 5.56 Å². The van der Waals surface area contributed by atoms with Crippen molar-refractivity contribution in [1.82, 2.24) is 16.0 Å². The van der Waals surface area contributed by atoms with Crippen LogP contribution < -0.4 is 21.7 Å². The maximum atomic E-state index is 12.6. The Hall–Kier alpha value is -4.67. The molecular formula is C30H30N4O3. The highest BCUT2D eigenvalue weighted by Crippen LogP contribution is 2.10. The molecule has 5 N–H and O–H groups in total. The van der Waals surface area contributed by atoms with Crippen molar-refractivity contribution in [2.24, 2.45) is 5.73 Å². The van der Waals surface area contributed by atoms with Crippen LogP contribution in [0.15, 0.2) is 91.0 Å². The van der Waals surface area contributed by atoms with E-state index in [9.17, 15) is 14.4 Å². The number of allylic oxidation sites excluding steroid dienone is 1. The number of primary amides is 1. The minimum Gasteiger partial charge on any atom is -0.368 e. The molecular weight excluding hydrogens is 464 g/mol. The first-order chi connectivity index (χ1) is 17.9. The summed E-state index contributed by atoms with van der Waals surface area (Å²) in [6, 6.07) is 25.2. The third kappa shape index (κ3) is 9.13. The first-order valence-corrected chi connectivity index (χ1v) is 11.9. The summed E-state index contributed by atoms with van der Waals surface area (Å²) in [5.74, 6) is 4.44. The van der Waals surface area contributed by atoms with Crippen LogP contribution in [0.4, 0.5) is 0 Å². The van der Waals surface area contributed by atoms with Crippen molar-refractivity contribution in [2.45, 2.75) is 19.0 Å². The SMILES string of the molecule is CC(NCC(=O)NCC(NC(=O)c1ccc(C#C/C=C/c2ccccc2)cc1)C(N)=O)c1ccccc1. The zero-order valence-electron chi connectivity index (χ0n) is 20.6. The fourth-order valence-corrected chi connectivity index (χ4v) is 3.38. The van der Waals surface area contributed by atoms with Crippen LogP contribution in [-0.2, 0) is 9.59 Å². The van der Waals surface area contributed by atoms with Crippen molar-refractivity contribution >= 4 is 23.8 Å². The molecule has 3 rings (SSSR count). The lowest BCUT2D eigenvalue weighted by Gasteiger charge is -2.18. The van der Waals surface area contributed by atoms with Gasteiger partial charge in [-0.2, -0.15) is 0 Å². The minimum atomic E-state index is -1.05. The van der Waals surface area contributed by atoms with E-state index in [1.165, 1.54) is 0 Å². The predicted molar refractivity (Wildman–Crippen MR) is 145 cm³/mol. The van der Waals surface area contributed by atoms with Gasteiger partial charge in [-0.1, -0.05) is 72.5 Å². The Morgan fingerprint density at radius 2 is 1.57 bits per heavy atom. The zero-order chi connectivity index (χ0) is 26.5. The second-order valence-electron chi connectivity index (χ2n) is 8.34. The molecule has 0 saturated carbocycles. The molecule has 0 heterocycles. The van der Waals surface area contributed by atoms with Gasteiger partial charge in [-0.15, -0.1) is 0 Å². The second kappa shape index (κ2) is 14.0. The number of nitrogens with one attached hydrogen (secondary N) is 3. The fourth-order valence-electron chi connectivity index (χ4n) is 3.38. The van der Waals surface area contributed by atoms with Crippen molar-refractivity contribution in [3.63, 3.8) is 0 Å². The third-order valence-corrected chi connectivity index (χ3v) is 5.54. The van der Waals surface area contributed by atoms with Gasteiger partial charge in [-0.25, -0.2) is 0 Å². The molecule has 0 fully saturated rings. The molecule has 0 aromatic heterocycles. The van der Waals surface area contributed by atoms with Gasteiger partial charge in [0.1, 0.15) is 6.04 Å². The van der Waals surface area contributed by atoms with Gasteiger partial charge in [0.25, 0.3) is 5.91 Å². The normalized spacial score (nSPS) is 12.1. The summed E-state index contributed by atoms with van der Waals surface area (Å²) in [5.41, 5.74) is 8.64. The van der Waals surface area contributed by atoms with Gasteiger partial charge in [0, 0.05) is 23.7 Å². The molecule has 0 aliphatic carbocycles. The number of carbonyl (C=O) groups is 3. The van der Waals surface area contributed by atoms with Crippen LogP contribution in [-0.4, -0.2) is 36.9 Å². The van der Waals surface area contributed by atoms with E-state index in [-0.39, 0.29) is 25.0 Å². The first kappa shape index (κ1) is 26.9. The van der Waals surface area contributed by atoms with E-state index in [1.54, 1.807) is 30.3 Å². The number of benzene rings is 3. The Morgan fingerprint density at radius 1 is 0.919 bits per heavy atom. The van der Waals surface area contributed by atoms with Gasteiger partial charge >= 0.3 is 0 Å². The number of hydrogen-bond acceptors (Lipinski definition) is 4. The molecule has 0 aliphatic heterocycles. The standard InChI is InChI=1S/C30H30N4O3/c1-22(25-14-6-3-7-15-25)32-21-28(35)33-20-27(29(31)36)34-30(37)26-18-16-24(17-19-26)13-9-8-12-23-10-4-2-5-11-23/h2-8,10-12,14-19,22,27,32H,20-21H2,1H3,(H2,31,36)(H,33,35)(H,34,37)/b12-8+. The molecule has 2 atom stereocenters. The van der Waals surface area contributed by atoms with Crippen LogP contribution in [0.1, 0.15) is 40.0 Å². The molecule has 3 amide bonds. The van der Waals surface area contributed by atoms with Crippen LogP contribution in [0.2, 0.25) is 0 Å². The topological polar surface area (TPSA) is 113 Å². The lowest BCUT2D eigenvalue weighted by molar-refractivity contribution is -0.121. The first-order valence-electron chi connectivity index (χ1n) is 11.9. The van der Waals surface area contributed by atoms with Gasteiger partial charge in [0.05, 0.1) is 6.54 Å². The molecule has 7 heteroatoms. The Labute approximate surface area is 217 Å². The molecule has 0 aliphatic rings. The number of rotatable bonds is 10. The van der Waals surface area contributed by atoms with E-state index in [0.717, 1.165) is 16.7 Å². The average Bonchev–Trinajstić information content (AvgIpc) is 2.93. The summed E-state index contributed by atoms with van der Waals surface area (Å²) < 4.78 is 0. The summed E-state index contributed by atoms with van der Waals surface area (Å²) >= 11 is 0. The van der Waals surface area contributed by atoms with Crippen molar-refractivity contribution in [3.8, 4) is 11.8 Å². The van der Waals surface area contributed by atoms with Gasteiger partial charge in [0.2, 0.25) is 11.8 Å². The molecule has 0 bridgehead atoms. The number of amides is 3. The molecule has 3 aromatic rings. The average molecular weight is 495 g/mol. The van der Waals surface area contributed by atoms with E-state index >= 15 is 0 Å². The monoisotopic (exact) mass is 494 g/mol. The molecule has 37 heavy (non-hydrogen) atoms. The molecule has 3 aromatic carbocycles. The maximum absolute atomic E-state index is 12.6. The lowest BCUT2D eigenvalue weighted by Crippen LogP contribution is -2.52. The van der Waals surface area contributed by atoms with Crippen molar-refractivity contribution in [2.75, 3.05) is 13.1 Å². The minimum absolute atomic E-state index is 0.0221. The van der Waals surface area contributed by atoms with E-state index < -0.39 is 17.9 Å². The molecule has 188 valence electrons. The van der Waals surface area contributed by atoms with Gasteiger partial charge in [0.15, 0.2) is 0 Å². The Bertz CT molecular complexity index is 1280. The molecule has 2 unspecified atom stereocenters. The Morgan fingerprint density at radius 3 is 2.22 bits per heavy atom. The van der Waals surface area contributed by atoms with Crippen LogP contribution >= 0.6 is 0 Å². The molecule has 0 radical (unpaired) electrons. The highest BCUT2D eigenvalue weighted by atomic mass is 16.2. The fraction of sp³-hybridized carbons (Fsp3) is 0.167. The van der Waals surface area contributed by atoms with Crippen LogP contribution in [0.5, 0.6) is 0 Å². The summed E-state index contributed by atoms with van der Waals surface area (Å²) in [5, 5.41) is 8.33. The zero-order valence-corrected chi connectivity index (χ0v) is 20.6. The summed E-state index contributed by atoms with van der Waals surface area (Å²) in [4.78, 5) is 36.7. The largest absolute Gasteiger partial charge is 0.368 e. The lowest BCUT2D eigenvalue weighted by atomic mass is 10.1. The summed E-state index contributed by atoms with van der Waals surface area (Å²) in [7, 11) is 0. The molecule has 0 saturated heterocycles. The van der Waals surface area contributed by atoms with E-state index in [1.807, 2.05) is 73.7 Å². The summed E-state index contributed by atoms with van der Waals surface area (Å²) in [6.45, 7) is 1.89. The van der Waals surface area contributed by atoms with Gasteiger partial charge < -0.3 is 21.7 Å². The molecule has 7 nitrogen and oxygen atoms in total. The van der Waals surface area contributed by atoms with Crippen molar-refractivity contribution in [1.29, 1.82) is 0 Å². The smallest absolute Gasteiger partial charge is 0.251 e. The highest BCUT2D eigenvalue weighted by molar-refractivity contribution is 5.97. The van der Waals surface area contributed by atoms with E-state index in [4.69, 9.17) is 5.73 Å². The highest BCUT2D eigenvalue weighted by Gasteiger charge is 2.20. The predicted octanol–water partition coefficient (Wildman–Crippen LogP) is 2.80. The second-order valence-corrected chi connectivity index (χ2v) is 8.34. The Balaban J connectivity index is 1.47. The van der Waals surface area contributed by atoms with Crippen LogP contribution in [0.3, 0.4) is 0 Å². The third-order valence-electron chi connectivity index (χ3n) is 5.54. The van der Waals surface area contributed by atoms with E-state index in [2.05, 4.69) is 27.8 Å². The number of hydrogen-bond donors (Lipinski definition) is 4. The quantitative estimate of drug-likeness (QED) is 0.325. The van der Waals surface area contributed by atoms with Crippen LogP contribution in [0, 0.1) is 11.8 Å². The number of nitrogens with two attached hydrogens (primary N) is 1. The maximum Gasteiger partial charge on any atom is 0.251 e. The van der Waals surface area contributed by atoms with Gasteiger partial charge in [-0.3, -0.25) is 14.4 Å². The Kier molecular flexibility index (Phi) is 10.2. The molecule has 0 spiro atoms. The van der Waals surface area contributed by atoms with Crippen molar-refractivity contribution < 1.29 is 14.4 Å².